The van der Waals surface area contributed by atoms with Gasteiger partial charge in [0.1, 0.15) is 18.2 Å². The lowest BCUT2D eigenvalue weighted by atomic mass is 10.1. The molecule has 1 N–H and O–H groups in total. The zero-order chi connectivity index (χ0) is 24.0. The Morgan fingerprint density at radius 3 is 2.48 bits per heavy atom. The minimum Gasteiger partial charge on any atom is -0.493 e. The van der Waals surface area contributed by atoms with Gasteiger partial charge in [-0.1, -0.05) is 61.7 Å². The number of carbonyl (C=O) groups excluding carboxylic acids is 1. The van der Waals surface area contributed by atoms with Crippen LogP contribution >= 0.6 is 43.5 Å². The highest BCUT2D eigenvalue weighted by molar-refractivity contribution is 9.10. The van der Waals surface area contributed by atoms with Crippen molar-refractivity contribution in [1.29, 1.82) is 5.26 Å². The summed E-state index contributed by atoms with van der Waals surface area (Å²) in [5.41, 5.74) is 2.92. The van der Waals surface area contributed by atoms with Crippen LogP contribution in [0.4, 0.5) is 5.69 Å². The predicted molar refractivity (Wildman–Crippen MR) is 138 cm³/mol. The number of anilines is 1. The monoisotopic (exact) mass is 588 g/mol. The highest BCUT2D eigenvalue weighted by atomic mass is 79.9. The molecule has 0 spiro atoms. The summed E-state index contributed by atoms with van der Waals surface area (Å²) < 4.78 is 13.0. The van der Waals surface area contributed by atoms with E-state index in [9.17, 15) is 10.1 Å². The maximum Gasteiger partial charge on any atom is 0.266 e. The number of carbonyl (C=O) groups is 1. The Bertz CT molecular complexity index is 1250. The number of nitrogens with zero attached hydrogens (tertiary/aromatic N) is 1. The molecule has 0 heterocycles. The molecule has 3 rings (SSSR count). The number of benzene rings is 3. The van der Waals surface area contributed by atoms with Crippen molar-refractivity contribution in [1.82, 2.24) is 0 Å². The van der Waals surface area contributed by atoms with Crippen LogP contribution in [0.3, 0.4) is 0 Å². The molecule has 0 saturated carbocycles. The number of hydrogen-bond donors (Lipinski definition) is 1. The molecule has 3 aromatic carbocycles. The van der Waals surface area contributed by atoms with Crippen molar-refractivity contribution in [2.24, 2.45) is 0 Å². The number of methoxy groups -OCH3 is 1. The van der Waals surface area contributed by atoms with E-state index in [-0.39, 0.29) is 5.57 Å². The topological polar surface area (TPSA) is 71.3 Å². The van der Waals surface area contributed by atoms with E-state index >= 15 is 0 Å². The van der Waals surface area contributed by atoms with E-state index in [0.29, 0.717) is 38.9 Å². The van der Waals surface area contributed by atoms with Gasteiger partial charge in [0.15, 0.2) is 11.5 Å². The van der Waals surface area contributed by atoms with Gasteiger partial charge in [0.25, 0.3) is 5.91 Å². The SMILES string of the molecule is COc1cc(/C=C(/C#N)C(=O)Nc2ccc(C)c(Cl)c2)c(Br)cc1OCc1ccc(Br)cc1. The fourth-order valence-corrected chi connectivity index (χ4v) is 3.73. The Balaban J connectivity index is 1.81. The molecule has 8 heteroatoms. The summed E-state index contributed by atoms with van der Waals surface area (Å²) in [5.74, 6) is 0.463. The first-order chi connectivity index (χ1) is 15.8. The first-order valence-electron chi connectivity index (χ1n) is 9.74. The van der Waals surface area contributed by atoms with Gasteiger partial charge < -0.3 is 14.8 Å². The Kier molecular flexibility index (Phi) is 8.56. The summed E-state index contributed by atoms with van der Waals surface area (Å²) >= 11 is 13.0. The molecular weight excluding hydrogens is 572 g/mol. The van der Waals surface area contributed by atoms with Crippen molar-refractivity contribution in [3.63, 3.8) is 0 Å². The molecule has 0 unspecified atom stereocenters. The van der Waals surface area contributed by atoms with Crippen molar-refractivity contribution >= 4 is 61.1 Å². The smallest absolute Gasteiger partial charge is 0.266 e. The second kappa shape index (κ2) is 11.4. The average molecular weight is 591 g/mol. The molecule has 5 nitrogen and oxygen atoms in total. The van der Waals surface area contributed by atoms with Crippen molar-refractivity contribution in [2.75, 3.05) is 12.4 Å². The summed E-state index contributed by atoms with van der Waals surface area (Å²) in [7, 11) is 1.53. The zero-order valence-corrected chi connectivity index (χ0v) is 21.7. The van der Waals surface area contributed by atoms with Crippen LogP contribution in [0.25, 0.3) is 6.08 Å². The van der Waals surface area contributed by atoms with Crippen molar-refractivity contribution < 1.29 is 14.3 Å². The average Bonchev–Trinajstić information content (AvgIpc) is 2.80. The van der Waals surface area contributed by atoms with Crippen LogP contribution in [0.15, 0.2) is 69.1 Å². The maximum atomic E-state index is 12.6. The maximum absolute atomic E-state index is 12.6. The van der Waals surface area contributed by atoms with E-state index in [4.69, 9.17) is 21.1 Å². The van der Waals surface area contributed by atoms with Crippen molar-refractivity contribution in [3.05, 3.63) is 90.8 Å². The third-order valence-corrected chi connectivity index (χ3v) is 6.31. The number of nitriles is 1. The number of rotatable bonds is 7. The lowest BCUT2D eigenvalue weighted by molar-refractivity contribution is -0.112. The first-order valence-corrected chi connectivity index (χ1v) is 11.7. The van der Waals surface area contributed by atoms with Crippen LogP contribution in [-0.2, 0) is 11.4 Å². The molecule has 0 bridgehead atoms. The molecule has 1 amide bonds. The summed E-state index contributed by atoms with van der Waals surface area (Å²) in [5, 5.41) is 12.8. The number of aryl methyl sites for hydroxylation is 1. The third-order valence-electron chi connectivity index (χ3n) is 4.69. The van der Waals surface area contributed by atoms with Crippen LogP contribution in [-0.4, -0.2) is 13.0 Å². The quantitative estimate of drug-likeness (QED) is 0.231. The van der Waals surface area contributed by atoms with Crippen molar-refractivity contribution in [3.8, 4) is 17.6 Å². The van der Waals surface area contributed by atoms with E-state index < -0.39 is 5.91 Å². The van der Waals surface area contributed by atoms with Crippen LogP contribution in [0.2, 0.25) is 5.02 Å². The van der Waals surface area contributed by atoms with Gasteiger partial charge in [0.2, 0.25) is 0 Å². The second-order valence-electron chi connectivity index (χ2n) is 7.03. The molecule has 0 fully saturated rings. The second-order valence-corrected chi connectivity index (χ2v) is 9.20. The first kappa shape index (κ1) is 24.8. The van der Waals surface area contributed by atoms with Gasteiger partial charge in [0, 0.05) is 19.7 Å². The predicted octanol–water partition coefficient (Wildman–Crippen LogP) is 7.31. The molecule has 0 aliphatic rings. The third kappa shape index (κ3) is 6.61. The van der Waals surface area contributed by atoms with Gasteiger partial charge in [0.05, 0.1) is 7.11 Å². The van der Waals surface area contributed by atoms with Gasteiger partial charge >= 0.3 is 0 Å². The van der Waals surface area contributed by atoms with Gasteiger partial charge in [-0.15, -0.1) is 0 Å². The normalized spacial score (nSPS) is 11.0. The molecule has 168 valence electrons. The number of halogens is 3. The van der Waals surface area contributed by atoms with E-state index in [0.717, 1.165) is 15.6 Å². The Morgan fingerprint density at radius 2 is 1.85 bits per heavy atom. The van der Waals surface area contributed by atoms with Crippen LogP contribution in [0.5, 0.6) is 11.5 Å². The van der Waals surface area contributed by atoms with Gasteiger partial charge in [-0.2, -0.15) is 5.26 Å². The highest BCUT2D eigenvalue weighted by Crippen LogP contribution is 2.35. The van der Waals surface area contributed by atoms with Crippen LogP contribution in [0.1, 0.15) is 16.7 Å². The number of nitrogens with one attached hydrogen (secondary N) is 1. The summed E-state index contributed by atoms with van der Waals surface area (Å²) in [6, 6.07) is 18.4. The largest absolute Gasteiger partial charge is 0.493 e. The molecule has 0 atom stereocenters. The molecule has 0 saturated heterocycles. The molecular formula is C25H19Br2ClN2O3. The number of hydrogen-bond acceptors (Lipinski definition) is 4. The van der Waals surface area contributed by atoms with Crippen LogP contribution in [0, 0.1) is 18.3 Å². The summed E-state index contributed by atoms with van der Waals surface area (Å²) in [6.07, 6.45) is 1.48. The van der Waals surface area contributed by atoms with E-state index in [1.54, 1.807) is 30.3 Å². The van der Waals surface area contributed by atoms with Gasteiger partial charge in [-0.3, -0.25) is 4.79 Å². The summed E-state index contributed by atoms with van der Waals surface area (Å²) in [6.45, 7) is 2.22. The lowest BCUT2D eigenvalue weighted by Crippen LogP contribution is -2.13. The Hall–Kier alpha value is -2.79. The lowest BCUT2D eigenvalue weighted by Gasteiger charge is -2.13. The summed E-state index contributed by atoms with van der Waals surface area (Å²) in [4.78, 5) is 12.6. The minimum atomic E-state index is -0.543. The van der Waals surface area contributed by atoms with E-state index in [1.807, 2.05) is 37.3 Å². The Morgan fingerprint density at radius 1 is 1.12 bits per heavy atom. The van der Waals surface area contributed by atoms with E-state index in [1.165, 1.54) is 13.2 Å². The molecule has 33 heavy (non-hydrogen) atoms. The van der Waals surface area contributed by atoms with E-state index in [2.05, 4.69) is 37.2 Å². The molecule has 0 aliphatic heterocycles. The number of ether oxygens (including phenoxy) is 2. The minimum absolute atomic E-state index is 0.0713. The standard InChI is InChI=1S/C25H19Br2ClN2O3/c1-15-3-8-20(11-22(15)28)30-25(31)18(13-29)9-17-10-23(32-2)24(12-21(17)27)33-14-16-4-6-19(26)7-5-16/h3-12H,14H2,1-2H3,(H,30,31)/b18-9-. The fraction of sp³-hybridized carbons (Fsp3) is 0.120. The van der Waals surface area contributed by atoms with Gasteiger partial charge in [-0.25, -0.2) is 0 Å². The molecule has 0 radical (unpaired) electrons. The van der Waals surface area contributed by atoms with Crippen LogP contribution < -0.4 is 14.8 Å². The molecule has 0 aliphatic carbocycles. The Labute approximate surface area is 214 Å². The van der Waals surface area contributed by atoms with Gasteiger partial charge in [-0.05, 0) is 66.1 Å². The van der Waals surface area contributed by atoms with Crippen molar-refractivity contribution in [2.45, 2.75) is 13.5 Å². The number of amides is 1. The fourth-order valence-electron chi connectivity index (χ4n) is 2.85. The highest BCUT2D eigenvalue weighted by Gasteiger charge is 2.14. The molecule has 0 aromatic heterocycles. The zero-order valence-electron chi connectivity index (χ0n) is 17.8. The molecule has 3 aromatic rings.